The summed E-state index contributed by atoms with van der Waals surface area (Å²) in [5.41, 5.74) is 0.983. The normalized spacial score (nSPS) is 20.9. The lowest BCUT2D eigenvalue weighted by Gasteiger charge is -2.50. The van der Waals surface area contributed by atoms with Crippen LogP contribution in [0.1, 0.15) is 24.2 Å². The van der Waals surface area contributed by atoms with Gasteiger partial charge in [-0.25, -0.2) is 4.98 Å². The summed E-state index contributed by atoms with van der Waals surface area (Å²) in [6.07, 6.45) is 9.00. The number of imidazole rings is 1. The summed E-state index contributed by atoms with van der Waals surface area (Å²) in [4.78, 5) is 11.3. The van der Waals surface area contributed by atoms with Gasteiger partial charge in [0, 0.05) is 71.6 Å². The van der Waals surface area contributed by atoms with Crippen LogP contribution in [0, 0.1) is 0 Å². The molecule has 4 rings (SSSR count). The van der Waals surface area contributed by atoms with Gasteiger partial charge in [-0.15, -0.1) is 0 Å². The first-order valence-corrected chi connectivity index (χ1v) is 10.7. The minimum Gasteiger partial charge on any atom is -0.332 e. The van der Waals surface area contributed by atoms with Crippen molar-refractivity contribution in [2.45, 2.75) is 31.5 Å². The summed E-state index contributed by atoms with van der Waals surface area (Å²) in [5, 5.41) is 0. The highest BCUT2D eigenvalue weighted by molar-refractivity contribution is 7.86. The lowest BCUT2D eigenvalue weighted by Crippen LogP contribution is -2.58. The summed E-state index contributed by atoms with van der Waals surface area (Å²) in [5.74, 6) is 1.06. The molecule has 0 N–H and O–H groups in total. The summed E-state index contributed by atoms with van der Waals surface area (Å²) >= 11 is 0. The van der Waals surface area contributed by atoms with Crippen LogP contribution in [-0.2, 0) is 28.8 Å². The molecule has 4 heterocycles. The first-order valence-electron chi connectivity index (χ1n) is 9.27. The molecule has 2 aliphatic heterocycles. The van der Waals surface area contributed by atoms with Gasteiger partial charge in [0.05, 0.1) is 5.54 Å². The van der Waals surface area contributed by atoms with Crippen LogP contribution < -0.4 is 0 Å². The van der Waals surface area contributed by atoms with E-state index in [2.05, 4.69) is 19.4 Å². The summed E-state index contributed by atoms with van der Waals surface area (Å²) in [7, 11) is -0.211. The number of aromatic nitrogens is 3. The minimum atomic E-state index is -3.38. The molecular formula is C18H26N6O2S. The predicted molar refractivity (Wildman–Crippen MR) is 102 cm³/mol. The Bertz CT molecular complexity index is 888. The lowest BCUT2D eigenvalue weighted by molar-refractivity contribution is -0.00169. The van der Waals surface area contributed by atoms with Crippen molar-refractivity contribution in [3.05, 3.63) is 48.3 Å². The van der Waals surface area contributed by atoms with E-state index in [0.29, 0.717) is 13.1 Å². The third-order valence-electron chi connectivity index (χ3n) is 5.81. The van der Waals surface area contributed by atoms with Crippen molar-refractivity contribution in [3.63, 3.8) is 0 Å². The number of nitrogens with zero attached hydrogens (tertiary/aromatic N) is 6. The first-order chi connectivity index (χ1) is 12.9. The fraction of sp³-hybridized carbons (Fsp3) is 0.556. The van der Waals surface area contributed by atoms with E-state index in [1.807, 2.05) is 36.9 Å². The van der Waals surface area contributed by atoms with E-state index >= 15 is 0 Å². The number of piperidine rings is 1. The zero-order valence-corrected chi connectivity index (χ0v) is 16.6. The monoisotopic (exact) mass is 390 g/mol. The average molecular weight is 391 g/mol. The van der Waals surface area contributed by atoms with Gasteiger partial charge >= 0.3 is 0 Å². The van der Waals surface area contributed by atoms with E-state index in [4.69, 9.17) is 0 Å². The molecule has 27 heavy (non-hydrogen) atoms. The molecule has 8 nitrogen and oxygen atoms in total. The number of hydrogen-bond donors (Lipinski definition) is 0. The van der Waals surface area contributed by atoms with Gasteiger partial charge in [0.25, 0.3) is 10.2 Å². The fourth-order valence-corrected chi connectivity index (χ4v) is 5.38. The van der Waals surface area contributed by atoms with Crippen molar-refractivity contribution in [3.8, 4) is 0 Å². The van der Waals surface area contributed by atoms with Crippen LogP contribution in [0.5, 0.6) is 0 Å². The van der Waals surface area contributed by atoms with Gasteiger partial charge in [0.2, 0.25) is 0 Å². The summed E-state index contributed by atoms with van der Waals surface area (Å²) in [6, 6.07) is 4.08. The van der Waals surface area contributed by atoms with Crippen molar-refractivity contribution in [2.75, 3.05) is 33.7 Å². The van der Waals surface area contributed by atoms with Gasteiger partial charge in [-0.3, -0.25) is 9.88 Å². The number of hydrogen-bond acceptors (Lipinski definition) is 5. The van der Waals surface area contributed by atoms with Crippen molar-refractivity contribution in [2.24, 2.45) is 0 Å². The Labute approximate surface area is 160 Å². The molecule has 0 aliphatic carbocycles. The standard InChI is InChI=1S/C18H26N6O2S/c1-21(2)27(25,26)24-10-5-18(6-11-24)17-20-9-12-22(17)13-14-23(18)15-16-3-7-19-8-4-16/h3-4,7-9,12H,5-6,10-11,13-15H2,1-2H3. The van der Waals surface area contributed by atoms with Gasteiger partial charge < -0.3 is 4.57 Å². The molecule has 0 radical (unpaired) electrons. The molecule has 1 saturated heterocycles. The molecule has 0 aromatic carbocycles. The molecule has 0 bridgehead atoms. The van der Waals surface area contributed by atoms with Crippen LogP contribution in [-0.4, -0.2) is 70.2 Å². The van der Waals surface area contributed by atoms with E-state index in [1.165, 1.54) is 9.87 Å². The Kier molecular flexibility index (Phi) is 4.79. The summed E-state index contributed by atoms with van der Waals surface area (Å²) < 4.78 is 30.2. The Hall–Kier alpha value is -1.81. The van der Waals surface area contributed by atoms with E-state index in [1.54, 1.807) is 18.4 Å². The Balaban J connectivity index is 1.63. The topological polar surface area (TPSA) is 74.6 Å². The smallest absolute Gasteiger partial charge is 0.281 e. The van der Waals surface area contributed by atoms with Crippen molar-refractivity contribution in [1.82, 2.24) is 28.0 Å². The molecule has 0 amide bonds. The molecule has 1 spiro atoms. The average Bonchev–Trinajstić information content (AvgIpc) is 3.15. The largest absolute Gasteiger partial charge is 0.332 e. The molecule has 2 aromatic heterocycles. The maximum Gasteiger partial charge on any atom is 0.281 e. The Morgan fingerprint density at radius 3 is 2.44 bits per heavy atom. The Morgan fingerprint density at radius 2 is 1.78 bits per heavy atom. The molecule has 0 unspecified atom stereocenters. The predicted octanol–water partition coefficient (Wildman–Crippen LogP) is 0.891. The van der Waals surface area contributed by atoms with Gasteiger partial charge in [-0.05, 0) is 30.5 Å². The van der Waals surface area contributed by atoms with Crippen LogP contribution in [0.4, 0.5) is 0 Å². The van der Waals surface area contributed by atoms with Crippen molar-refractivity contribution in [1.29, 1.82) is 0 Å². The quantitative estimate of drug-likeness (QED) is 0.775. The highest BCUT2D eigenvalue weighted by Crippen LogP contribution is 2.41. The number of fused-ring (bicyclic) bond motifs is 2. The molecule has 146 valence electrons. The van der Waals surface area contributed by atoms with Crippen LogP contribution in [0.2, 0.25) is 0 Å². The molecule has 0 saturated carbocycles. The first kappa shape index (κ1) is 18.5. The summed E-state index contributed by atoms with van der Waals surface area (Å²) in [6.45, 7) is 3.64. The van der Waals surface area contributed by atoms with Crippen molar-refractivity contribution >= 4 is 10.2 Å². The second kappa shape index (κ2) is 6.97. The maximum absolute atomic E-state index is 12.5. The van der Waals surface area contributed by atoms with Gasteiger partial charge in [0.1, 0.15) is 5.82 Å². The van der Waals surface area contributed by atoms with Crippen LogP contribution in [0.15, 0.2) is 36.9 Å². The van der Waals surface area contributed by atoms with E-state index < -0.39 is 10.2 Å². The fourth-order valence-electron chi connectivity index (χ4n) is 4.28. The molecule has 2 aliphatic rings. The van der Waals surface area contributed by atoms with E-state index in [9.17, 15) is 8.42 Å². The number of pyridine rings is 1. The van der Waals surface area contributed by atoms with Crippen LogP contribution in [0.3, 0.4) is 0 Å². The van der Waals surface area contributed by atoms with E-state index in [-0.39, 0.29) is 5.54 Å². The third kappa shape index (κ3) is 3.18. The van der Waals surface area contributed by atoms with Gasteiger partial charge in [0.15, 0.2) is 0 Å². The highest BCUT2D eigenvalue weighted by Gasteiger charge is 2.48. The molecular weight excluding hydrogens is 364 g/mol. The van der Waals surface area contributed by atoms with Crippen LogP contribution in [0.25, 0.3) is 0 Å². The lowest BCUT2D eigenvalue weighted by atomic mass is 9.83. The van der Waals surface area contributed by atoms with Crippen molar-refractivity contribution < 1.29 is 8.42 Å². The van der Waals surface area contributed by atoms with Crippen LogP contribution >= 0.6 is 0 Å². The molecule has 9 heteroatoms. The van der Waals surface area contributed by atoms with Gasteiger partial charge in [-0.1, -0.05) is 0 Å². The highest BCUT2D eigenvalue weighted by atomic mass is 32.2. The Morgan fingerprint density at radius 1 is 1.07 bits per heavy atom. The third-order valence-corrected chi connectivity index (χ3v) is 7.75. The van der Waals surface area contributed by atoms with E-state index in [0.717, 1.165) is 38.3 Å². The zero-order chi connectivity index (χ0) is 19.1. The molecule has 2 aromatic rings. The SMILES string of the molecule is CN(C)S(=O)(=O)N1CCC2(CC1)c1nccn1CCN2Cc1ccncc1. The number of rotatable bonds is 4. The second-order valence-corrected chi connectivity index (χ2v) is 9.58. The zero-order valence-electron chi connectivity index (χ0n) is 15.8. The van der Waals surface area contributed by atoms with Gasteiger partial charge in [-0.2, -0.15) is 17.0 Å². The minimum absolute atomic E-state index is 0.233. The maximum atomic E-state index is 12.5. The second-order valence-electron chi connectivity index (χ2n) is 7.44. The molecule has 1 fully saturated rings. The molecule has 0 atom stereocenters.